The van der Waals surface area contributed by atoms with Crippen molar-refractivity contribution in [2.45, 2.75) is 39.2 Å². The maximum absolute atomic E-state index is 12.6. The molecule has 6 heteroatoms. The monoisotopic (exact) mass is 411 g/mol. The van der Waals surface area contributed by atoms with E-state index in [1.807, 2.05) is 24.3 Å². The number of nitrogens with zero attached hydrogens (tertiary/aromatic N) is 1. The third kappa shape index (κ3) is 4.75. The van der Waals surface area contributed by atoms with Crippen LogP contribution >= 0.6 is 0 Å². The summed E-state index contributed by atoms with van der Waals surface area (Å²) in [6, 6.07) is 11.2. The van der Waals surface area contributed by atoms with Crippen molar-refractivity contribution in [3.05, 3.63) is 58.7 Å². The zero-order valence-corrected chi connectivity index (χ0v) is 18.3. The fourth-order valence-corrected chi connectivity index (χ4v) is 3.50. The summed E-state index contributed by atoms with van der Waals surface area (Å²) in [6.45, 7) is 7.08. The SMILES string of the molecule is COc1cc2c(cc1OC)CN(C(=O)COC(=O)c1ccc(C(C)(C)C)cc1)CC2. The second-order valence-electron chi connectivity index (χ2n) is 8.44. The Labute approximate surface area is 177 Å². The van der Waals surface area contributed by atoms with E-state index in [0.717, 1.165) is 16.7 Å². The van der Waals surface area contributed by atoms with Crippen molar-refractivity contribution in [2.24, 2.45) is 0 Å². The largest absolute Gasteiger partial charge is 0.493 e. The van der Waals surface area contributed by atoms with Gasteiger partial charge in [0, 0.05) is 13.1 Å². The van der Waals surface area contributed by atoms with Crippen molar-refractivity contribution < 1.29 is 23.8 Å². The third-order valence-corrected chi connectivity index (χ3v) is 5.38. The topological polar surface area (TPSA) is 65.1 Å². The van der Waals surface area contributed by atoms with Crippen molar-refractivity contribution >= 4 is 11.9 Å². The summed E-state index contributed by atoms with van der Waals surface area (Å²) in [4.78, 5) is 26.6. The number of ether oxygens (including phenoxy) is 3. The van der Waals surface area contributed by atoms with Crippen molar-refractivity contribution in [1.29, 1.82) is 0 Å². The molecule has 0 saturated heterocycles. The van der Waals surface area contributed by atoms with Gasteiger partial charge in [-0.3, -0.25) is 4.79 Å². The van der Waals surface area contributed by atoms with Crippen molar-refractivity contribution in [3.8, 4) is 11.5 Å². The minimum absolute atomic E-state index is 0.00958. The van der Waals surface area contributed by atoms with Gasteiger partial charge in [0.05, 0.1) is 19.8 Å². The number of carbonyl (C=O) groups is 2. The zero-order chi connectivity index (χ0) is 21.9. The molecule has 3 rings (SSSR count). The van der Waals surface area contributed by atoms with Crippen molar-refractivity contribution in [1.82, 2.24) is 4.90 Å². The van der Waals surface area contributed by atoms with Crippen LogP contribution < -0.4 is 9.47 Å². The summed E-state index contributed by atoms with van der Waals surface area (Å²) in [6.07, 6.45) is 0.712. The summed E-state index contributed by atoms with van der Waals surface area (Å²) >= 11 is 0. The van der Waals surface area contributed by atoms with Gasteiger partial charge < -0.3 is 19.1 Å². The van der Waals surface area contributed by atoms with Crippen LogP contribution in [0.4, 0.5) is 0 Å². The average Bonchev–Trinajstić information content (AvgIpc) is 2.75. The number of rotatable bonds is 5. The predicted molar refractivity (Wildman–Crippen MR) is 114 cm³/mol. The van der Waals surface area contributed by atoms with Crippen LogP contribution in [0.15, 0.2) is 36.4 Å². The number of carbonyl (C=O) groups excluding carboxylic acids is 2. The number of fused-ring (bicyclic) bond motifs is 1. The molecule has 0 atom stereocenters. The lowest BCUT2D eigenvalue weighted by atomic mass is 9.87. The maximum Gasteiger partial charge on any atom is 0.338 e. The fourth-order valence-electron chi connectivity index (χ4n) is 3.50. The third-order valence-electron chi connectivity index (χ3n) is 5.38. The van der Waals surface area contributed by atoms with Crippen LogP contribution in [0.2, 0.25) is 0 Å². The van der Waals surface area contributed by atoms with Crippen LogP contribution in [-0.2, 0) is 27.9 Å². The van der Waals surface area contributed by atoms with E-state index in [-0.39, 0.29) is 17.9 Å². The van der Waals surface area contributed by atoms with Crippen LogP contribution in [0.3, 0.4) is 0 Å². The number of hydrogen-bond acceptors (Lipinski definition) is 5. The molecule has 0 saturated carbocycles. The van der Waals surface area contributed by atoms with Gasteiger partial charge in [-0.15, -0.1) is 0 Å². The standard InChI is InChI=1S/C24H29NO5/c1-24(2,3)19-8-6-16(7-9-19)23(27)30-15-22(26)25-11-10-17-12-20(28-4)21(29-5)13-18(17)14-25/h6-9,12-13H,10-11,14-15H2,1-5H3. The summed E-state index contributed by atoms with van der Waals surface area (Å²) in [5.74, 6) is 0.612. The number of benzene rings is 2. The van der Waals surface area contributed by atoms with Gasteiger partial charge in [-0.25, -0.2) is 4.79 Å². The minimum Gasteiger partial charge on any atom is -0.493 e. The van der Waals surface area contributed by atoms with Crippen LogP contribution in [0.25, 0.3) is 0 Å². The number of methoxy groups -OCH3 is 2. The van der Waals surface area contributed by atoms with E-state index in [0.29, 0.717) is 36.6 Å². The van der Waals surface area contributed by atoms with Crippen LogP contribution in [0, 0.1) is 0 Å². The molecule has 1 amide bonds. The molecule has 0 fully saturated rings. The molecule has 0 spiro atoms. The molecule has 6 nitrogen and oxygen atoms in total. The molecule has 1 aliphatic rings. The summed E-state index contributed by atoms with van der Waals surface area (Å²) in [5, 5.41) is 0. The molecule has 0 bridgehead atoms. The Morgan fingerprint density at radius 2 is 1.57 bits per heavy atom. The van der Waals surface area contributed by atoms with E-state index in [4.69, 9.17) is 14.2 Å². The second kappa shape index (κ2) is 8.78. The molecule has 1 aliphatic heterocycles. The summed E-state index contributed by atoms with van der Waals surface area (Å²) in [7, 11) is 3.19. The van der Waals surface area contributed by atoms with Gasteiger partial charge in [0.2, 0.25) is 0 Å². The highest BCUT2D eigenvalue weighted by Gasteiger charge is 2.24. The maximum atomic E-state index is 12.6. The molecular weight excluding hydrogens is 382 g/mol. The Bertz CT molecular complexity index is 928. The average molecular weight is 411 g/mol. The highest BCUT2D eigenvalue weighted by Crippen LogP contribution is 2.33. The Morgan fingerprint density at radius 3 is 2.13 bits per heavy atom. The number of esters is 1. The molecule has 1 heterocycles. The highest BCUT2D eigenvalue weighted by atomic mass is 16.5. The predicted octanol–water partition coefficient (Wildman–Crippen LogP) is 3.74. The van der Waals surface area contributed by atoms with Crippen LogP contribution in [0.5, 0.6) is 11.5 Å². The molecular formula is C24H29NO5. The van der Waals surface area contributed by atoms with Crippen LogP contribution in [-0.4, -0.2) is 44.1 Å². The Balaban J connectivity index is 1.60. The zero-order valence-electron chi connectivity index (χ0n) is 18.3. The lowest BCUT2D eigenvalue weighted by Crippen LogP contribution is -2.38. The fraction of sp³-hybridized carbons (Fsp3) is 0.417. The lowest BCUT2D eigenvalue weighted by Gasteiger charge is -2.29. The molecule has 2 aromatic carbocycles. The smallest absolute Gasteiger partial charge is 0.338 e. The molecule has 0 aliphatic carbocycles. The normalized spacial score (nSPS) is 13.4. The van der Waals surface area contributed by atoms with Crippen molar-refractivity contribution in [3.63, 3.8) is 0 Å². The first kappa shape index (κ1) is 21.7. The molecule has 0 aromatic heterocycles. The number of hydrogen-bond donors (Lipinski definition) is 0. The van der Waals surface area contributed by atoms with E-state index in [1.54, 1.807) is 31.3 Å². The van der Waals surface area contributed by atoms with Crippen LogP contribution in [0.1, 0.15) is 47.8 Å². The summed E-state index contributed by atoms with van der Waals surface area (Å²) in [5.41, 5.74) is 3.73. The molecule has 0 radical (unpaired) electrons. The van der Waals surface area contributed by atoms with E-state index in [1.165, 1.54) is 0 Å². The number of amides is 1. The molecule has 30 heavy (non-hydrogen) atoms. The first-order chi connectivity index (χ1) is 14.2. The first-order valence-electron chi connectivity index (χ1n) is 10.0. The Kier molecular flexibility index (Phi) is 6.34. The summed E-state index contributed by atoms with van der Waals surface area (Å²) < 4.78 is 16.0. The van der Waals surface area contributed by atoms with E-state index in [2.05, 4.69) is 20.8 Å². The van der Waals surface area contributed by atoms with E-state index < -0.39 is 5.97 Å². The quantitative estimate of drug-likeness (QED) is 0.702. The lowest BCUT2D eigenvalue weighted by molar-refractivity contribution is -0.135. The molecule has 0 N–H and O–H groups in total. The second-order valence-corrected chi connectivity index (χ2v) is 8.44. The molecule has 2 aromatic rings. The van der Waals surface area contributed by atoms with E-state index >= 15 is 0 Å². The van der Waals surface area contributed by atoms with Gasteiger partial charge in [0.1, 0.15) is 0 Å². The van der Waals surface area contributed by atoms with Gasteiger partial charge in [-0.2, -0.15) is 0 Å². The van der Waals surface area contributed by atoms with E-state index in [9.17, 15) is 9.59 Å². The van der Waals surface area contributed by atoms with Gasteiger partial charge in [0.15, 0.2) is 18.1 Å². The highest BCUT2D eigenvalue weighted by molar-refractivity contribution is 5.91. The minimum atomic E-state index is -0.493. The van der Waals surface area contributed by atoms with Gasteiger partial charge in [-0.05, 0) is 52.8 Å². The molecule has 160 valence electrons. The van der Waals surface area contributed by atoms with Gasteiger partial charge in [0.25, 0.3) is 5.91 Å². The Morgan fingerprint density at radius 1 is 0.967 bits per heavy atom. The van der Waals surface area contributed by atoms with Gasteiger partial charge in [-0.1, -0.05) is 32.9 Å². The van der Waals surface area contributed by atoms with Crippen molar-refractivity contribution in [2.75, 3.05) is 27.4 Å². The van der Waals surface area contributed by atoms with Gasteiger partial charge >= 0.3 is 5.97 Å². The first-order valence-corrected chi connectivity index (χ1v) is 10.0. The Hall–Kier alpha value is -3.02. The molecule has 0 unspecified atom stereocenters.